The van der Waals surface area contributed by atoms with Gasteiger partial charge >= 0.3 is 0 Å². The summed E-state index contributed by atoms with van der Waals surface area (Å²) in [5, 5.41) is 0. The molecule has 0 saturated carbocycles. The number of hydrogen-bond acceptors (Lipinski definition) is 1. The van der Waals surface area contributed by atoms with Crippen LogP contribution in [0.15, 0.2) is 18.2 Å². The third-order valence-corrected chi connectivity index (χ3v) is 1.66. The van der Waals surface area contributed by atoms with Gasteiger partial charge in [0.1, 0.15) is 11.5 Å². The van der Waals surface area contributed by atoms with Gasteiger partial charge in [0.05, 0.1) is 0 Å². The first-order chi connectivity index (χ1) is 4.42. The molecular weight excluding hydrogens is 112 g/mol. The van der Waals surface area contributed by atoms with E-state index in [1.807, 2.05) is 18.2 Å². The van der Waals surface area contributed by atoms with Gasteiger partial charge in [0, 0.05) is 5.56 Å². The number of ether oxygens (including phenoxy) is 1. The van der Waals surface area contributed by atoms with Crippen molar-refractivity contribution < 1.29 is 4.74 Å². The quantitative estimate of drug-likeness (QED) is 0.561. The van der Waals surface area contributed by atoms with Crippen molar-refractivity contribution in [2.24, 2.45) is 0 Å². The number of rotatable bonds is 1. The van der Waals surface area contributed by atoms with Gasteiger partial charge in [-0.15, -0.1) is 0 Å². The van der Waals surface area contributed by atoms with Crippen LogP contribution in [0.1, 0.15) is 12.5 Å². The third-order valence-electron chi connectivity index (χ3n) is 1.66. The highest BCUT2D eigenvalue weighted by Gasteiger charge is 2.17. The van der Waals surface area contributed by atoms with Crippen LogP contribution in [0.25, 0.3) is 0 Å². The Morgan fingerprint density at radius 2 is 2.00 bits per heavy atom. The lowest BCUT2D eigenvalue weighted by atomic mass is 10.1. The molecule has 0 amide bonds. The van der Waals surface area contributed by atoms with Crippen LogP contribution >= 0.6 is 0 Å². The first-order valence-corrected chi connectivity index (χ1v) is 3.21. The van der Waals surface area contributed by atoms with Crippen LogP contribution in [-0.2, 0) is 6.42 Å². The van der Waals surface area contributed by atoms with Gasteiger partial charge in [-0.05, 0) is 18.6 Å². The maximum absolute atomic E-state index is 5.23. The fraction of sp³-hybridized carbons (Fsp3) is 0.250. The zero-order valence-corrected chi connectivity index (χ0v) is 5.35. The minimum Gasteiger partial charge on any atom is -0.457 e. The lowest BCUT2D eigenvalue weighted by molar-refractivity contribution is 0.420. The number of fused-ring (bicyclic) bond motifs is 2. The van der Waals surface area contributed by atoms with Gasteiger partial charge in [-0.1, -0.05) is 13.0 Å². The van der Waals surface area contributed by atoms with Crippen LogP contribution < -0.4 is 4.74 Å². The summed E-state index contributed by atoms with van der Waals surface area (Å²) in [6.45, 7) is 2.14. The molecule has 9 heavy (non-hydrogen) atoms. The minimum atomic E-state index is 1.06. The second-order valence-corrected chi connectivity index (χ2v) is 2.19. The van der Waals surface area contributed by atoms with Crippen LogP contribution in [0, 0.1) is 0 Å². The first-order valence-electron chi connectivity index (χ1n) is 3.21. The molecule has 0 unspecified atom stereocenters. The molecule has 0 saturated heterocycles. The summed E-state index contributed by atoms with van der Waals surface area (Å²) < 4.78 is 5.23. The summed E-state index contributed by atoms with van der Waals surface area (Å²) in [6, 6.07) is 6.03. The highest BCUT2D eigenvalue weighted by atomic mass is 16.5. The Balaban J connectivity index is 2.55. The molecule has 0 atom stereocenters. The Labute approximate surface area is 54.3 Å². The number of benzene rings is 1. The van der Waals surface area contributed by atoms with Crippen molar-refractivity contribution >= 4 is 0 Å². The average molecular weight is 120 g/mol. The van der Waals surface area contributed by atoms with Gasteiger partial charge in [-0.3, -0.25) is 0 Å². The van der Waals surface area contributed by atoms with Gasteiger partial charge < -0.3 is 4.74 Å². The summed E-state index contributed by atoms with van der Waals surface area (Å²) in [7, 11) is 0. The largest absolute Gasteiger partial charge is 0.457 e. The molecule has 0 radical (unpaired) electrons. The molecule has 2 aliphatic heterocycles. The summed E-state index contributed by atoms with van der Waals surface area (Å²) in [5.41, 5.74) is 1.37. The fourth-order valence-electron chi connectivity index (χ4n) is 1.16. The summed E-state index contributed by atoms with van der Waals surface area (Å²) in [4.78, 5) is 0. The van der Waals surface area contributed by atoms with Crippen molar-refractivity contribution in [3.05, 3.63) is 23.8 Å². The lowest BCUT2D eigenvalue weighted by Crippen LogP contribution is -2.02. The van der Waals surface area contributed by atoms with Crippen molar-refractivity contribution in [3.63, 3.8) is 0 Å². The standard InChI is InChI=1S/C8H8O/c1-2-6-7-4-3-5-8(6)9-7/h3-5H,2H2,1H3. The molecule has 0 N–H and O–H groups in total. The molecule has 0 spiro atoms. The summed E-state index contributed by atoms with van der Waals surface area (Å²) in [5.74, 6) is 2.13. The molecule has 2 bridgehead atoms. The molecule has 2 aliphatic rings. The molecule has 46 valence electrons. The third kappa shape index (κ3) is 0.489. The predicted octanol–water partition coefficient (Wildman–Crippen LogP) is 2.35. The molecule has 0 aliphatic carbocycles. The smallest absolute Gasteiger partial charge is 0.134 e. The van der Waals surface area contributed by atoms with Gasteiger partial charge in [-0.2, -0.15) is 0 Å². The second-order valence-electron chi connectivity index (χ2n) is 2.19. The van der Waals surface area contributed by atoms with E-state index in [2.05, 4.69) is 6.92 Å². The van der Waals surface area contributed by atoms with Crippen LogP contribution in [0.4, 0.5) is 0 Å². The van der Waals surface area contributed by atoms with E-state index in [1.54, 1.807) is 0 Å². The highest BCUT2D eigenvalue weighted by Crippen LogP contribution is 2.41. The highest BCUT2D eigenvalue weighted by molar-refractivity contribution is 5.54. The molecule has 1 aromatic rings. The molecule has 1 aromatic carbocycles. The van der Waals surface area contributed by atoms with Gasteiger partial charge in [-0.25, -0.2) is 0 Å². The lowest BCUT2D eigenvalue weighted by Gasteiger charge is -2.22. The van der Waals surface area contributed by atoms with E-state index in [-0.39, 0.29) is 0 Å². The Morgan fingerprint density at radius 1 is 1.33 bits per heavy atom. The van der Waals surface area contributed by atoms with Crippen molar-refractivity contribution in [1.29, 1.82) is 0 Å². The van der Waals surface area contributed by atoms with E-state index in [4.69, 9.17) is 4.74 Å². The molecule has 1 heteroatoms. The Kier molecular flexibility index (Phi) is 0.810. The van der Waals surface area contributed by atoms with E-state index in [0.717, 1.165) is 17.9 Å². The Bertz CT molecular complexity index is 220. The fourth-order valence-corrected chi connectivity index (χ4v) is 1.16. The van der Waals surface area contributed by atoms with Gasteiger partial charge in [0.2, 0.25) is 0 Å². The number of hydrogen-bond donors (Lipinski definition) is 0. The van der Waals surface area contributed by atoms with Crippen LogP contribution in [0.2, 0.25) is 0 Å². The van der Waals surface area contributed by atoms with Crippen molar-refractivity contribution in [2.75, 3.05) is 0 Å². The topological polar surface area (TPSA) is 9.23 Å². The first kappa shape index (κ1) is 4.86. The molecule has 3 rings (SSSR count). The SMILES string of the molecule is CCc1c2cccc1O2. The van der Waals surface area contributed by atoms with E-state index in [9.17, 15) is 0 Å². The van der Waals surface area contributed by atoms with E-state index in [0.29, 0.717) is 0 Å². The van der Waals surface area contributed by atoms with E-state index >= 15 is 0 Å². The van der Waals surface area contributed by atoms with Crippen LogP contribution in [0.3, 0.4) is 0 Å². The molecule has 0 aromatic heterocycles. The Morgan fingerprint density at radius 3 is 2.33 bits per heavy atom. The van der Waals surface area contributed by atoms with Crippen molar-refractivity contribution in [1.82, 2.24) is 0 Å². The van der Waals surface area contributed by atoms with Crippen LogP contribution in [-0.4, -0.2) is 0 Å². The van der Waals surface area contributed by atoms with Gasteiger partial charge in [0.15, 0.2) is 0 Å². The van der Waals surface area contributed by atoms with Crippen LogP contribution in [0.5, 0.6) is 11.5 Å². The summed E-state index contributed by atoms with van der Waals surface area (Å²) in [6.07, 6.45) is 1.09. The molecule has 2 heterocycles. The molecule has 1 nitrogen and oxygen atoms in total. The normalized spacial score (nSPS) is 12.1. The predicted molar refractivity (Wildman–Crippen MR) is 35.9 cm³/mol. The van der Waals surface area contributed by atoms with Crippen molar-refractivity contribution in [2.45, 2.75) is 13.3 Å². The second kappa shape index (κ2) is 1.50. The Hall–Kier alpha value is -0.980. The molecule has 0 fully saturated rings. The average Bonchev–Trinajstić information content (AvgIpc) is 1.90. The maximum Gasteiger partial charge on any atom is 0.134 e. The monoisotopic (exact) mass is 120 g/mol. The number of aryl methyl sites for hydroxylation is 1. The minimum absolute atomic E-state index is 1.06. The zero-order chi connectivity index (χ0) is 6.27. The maximum atomic E-state index is 5.23. The van der Waals surface area contributed by atoms with E-state index < -0.39 is 0 Å². The summed E-state index contributed by atoms with van der Waals surface area (Å²) >= 11 is 0. The van der Waals surface area contributed by atoms with E-state index in [1.165, 1.54) is 5.56 Å². The van der Waals surface area contributed by atoms with Crippen molar-refractivity contribution in [3.8, 4) is 11.5 Å². The zero-order valence-electron chi connectivity index (χ0n) is 5.35. The molecular formula is C8H8O. The van der Waals surface area contributed by atoms with Gasteiger partial charge in [0.25, 0.3) is 0 Å².